The van der Waals surface area contributed by atoms with E-state index >= 15 is 0 Å². The van der Waals surface area contributed by atoms with Crippen molar-refractivity contribution < 1.29 is 19.1 Å². The second-order valence-electron chi connectivity index (χ2n) is 4.89. The van der Waals surface area contributed by atoms with Gasteiger partial charge in [-0.05, 0) is 12.1 Å². The molecule has 0 atom stereocenters. The Labute approximate surface area is 123 Å². The smallest absolute Gasteiger partial charge is 0.260 e. The number of ketones is 1. The first-order valence-corrected chi connectivity index (χ1v) is 6.85. The zero-order valence-corrected chi connectivity index (χ0v) is 11.9. The number of carbonyl (C=O) groups is 3. The van der Waals surface area contributed by atoms with E-state index in [2.05, 4.69) is 5.32 Å². The molecule has 0 radical (unpaired) electrons. The second kappa shape index (κ2) is 6.88. The lowest BCUT2D eigenvalue weighted by Gasteiger charge is -2.26. The van der Waals surface area contributed by atoms with Crippen molar-refractivity contribution in [3.8, 4) is 5.75 Å². The first-order chi connectivity index (χ1) is 10.1. The maximum absolute atomic E-state index is 12.0. The Morgan fingerprint density at radius 2 is 1.90 bits per heavy atom. The Hall–Kier alpha value is -2.37. The highest BCUT2D eigenvalue weighted by Gasteiger charge is 2.21. The van der Waals surface area contributed by atoms with Crippen LogP contribution < -0.4 is 10.1 Å². The van der Waals surface area contributed by atoms with Crippen LogP contribution in [0, 0.1) is 0 Å². The highest BCUT2D eigenvalue weighted by atomic mass is 16.5. The van der Waals surface area contributed by atoms with Gasteiger partial charge in [-0.2, -0.15) is 0 Å². The van der Waals surface area contributed by atoms with E-state index in [4.69, 9.17) is 4.74 Å². The van der Waals surface area contributed by atoms with Crippen molar-refractivity contribution in [3.63, 3.8) is 0 Å². The topological polar surface area (TPSA) is 75.7 Å². The quantitative estimate of drug-likeness (QED) is 0.904. The summed E-state index contributed by atoms with van der Waals surface area (Å²) in [7, 11) is 0. The molecule has 2 amide bonds. The minimum Gasteiger partial charge on any atom is -0.482 e. The summed E-state index contributed by atoms with van der Waals surface area (Å²) >= 11 is 0. The molecule has 2 rings (SSSR count). The molecular formula is C15H18N2O4. The molecule has 1 heterocycles. The van der Waals surface area contributed by atoms with E-state index in [0.717, 1.165) is 0 Å². The molecule has 0 bridgehead atoms. The average molecular weight is 290 g/mol. The fraction of sp³-hybridized carbons (Fsp3) is 0.400. The van der Waals surface area contributed by atoms with Gasteiger partial charge in [-0.3, -0.25) is 14.4 Å². The number of carbonyl (C=O) groups excluding carboxylic acids is 3. The van der Waals surface area contributed by atoms with E-state index in [-0.39, 0.29) is 24.2 Å². The number of rotatable bonds is 4. The van der Waals surface area contributed by atoms with Crippen molar-refractivity contribution in [2.75, 3.05) is 25.0 Å². The standard InChI is InChI=1S/C15H18N2O4/c1-11(18)16-13-4-2-3-5-14(13)21-10-15(20)17-8-6-12(19)7-9-17/h2-5H,6-10H2,1H3,(H,16,18). The summed E-state index contributed by atoms with van der Waals surface area (Å²) in [4.78, 5) is 35.9. The molecule has 0 aliphatic carbocycles. The summed E-state index contributed by atoms with van der Waals surface area (Å²) in [6.45, 7) is 2.21. The minimum atomic E-state index is -0.202. The molecule has 1 N–H and O–H groups in total. The van der Waals surface area contributed by atoms with Crippen LogP contribution in [0.1, 0.15) is 19.8 Å². The number of nitrogens with zero attached hydrogens (tertiary/aromatic N) is 1. The van der Waals surface area contributed by atoms with Crippen molar-refractivity contribution in [1.29, 1.82) is 0 Å². The largest absolute Gasteiger partial charge is 0.482 e. The van der Waals surface area contributed by atoms with Gasteiger partial charge in [-0.25, -0.2) is 0 Å². The summed E-state index contributed by atoms with van der Waals surface area (Å²) in [5.41, 5.74) is 0.534. The van der Waals surface area contributed by atoms with Crippen LogP contribution in [-0.2, 0) is 14.4 Å². The molecule has 6 heteroatoms. The van der Waals surface area contributed by atoms with Gasteiger partial charge in [0.1, 0.15) is 11.5 Å². The first kappa shape index (κ1) is 15.0. The van der Waals surface area contributed by atoms with Gasteiger partial charge in [0.15, 0.2) is 6.61 Å². The van der Waals surface area contributed by atoms with E-state index in [1.165, 1.54) is 6.92 Å². The molecule has 0 unspecified atom stereocenters. The molecule has 1 aliphatic rings. The second-order valence-corrected chi connectivity index (χ2v) is 4.89. The van der Waals surface area contributed by atoms with Crippen molar-refractivity contribution in [1.82, 2.24) is 4.90 Å². The van der Waals surface area contributed by atoms with Gasteiger partial charge in [0.05, 0.1) is 5.69 Å². The molecule has 1 fully saturated rings. The van der Waals surface area contributed by atoms with Crippen molar-refractivity contribution in [2.24, 2.45) is 0 Å². The third kappa shape index (κ3) is 4.30. The Morgan fingerprint density at radius 1 is 1.24 bits per heavy atom. The third-order valence-electron chi connectivity index (χ3n) is 3.22. The molecule has 0 aromatic heterocycles. The first-order valence-electron chi connectivity index (χ1n) is 6.85. The van der Waals surface area contributed by atoms with Crippen LogP contribution in [0.2, 0.25) is 0 Å². The molecule has 1 aromatic carbocycles. The number of Topliss-reactive ketones (excluding diaryl/α,β-unsaturated/α-hetero) is 1. The number of likely N-dealkylation sites (tertiary alicyclic amines) is 1. The Morgan fingerprint density at radius 3 is 2.57 bits per heavy atom. The molecule has 1 aromatic rings. The number of ether oxygens (including phenoxy) is 1. The van der Waals surface area contributed by atoms with E-state index in [0.29, 0.717) is 37.4 Å². The summed E-state index contributed by atoms with van der Waals surface area (Å²) in [5.74, 6) is 0.289. The van der Waals surface area contributed by atoms with Crippen LogP contribution >= 0.6 is 0 Å². The van der Waals surface area contributed by atoms with Gasteiger partial charge < -0.3 is 15.0 Å². The number of nitrogens with one attached hydrogen (secondary N) is 1. The fourth-order valence-electron chi connectivity index (χ4n) is 2.12. The van der Waals surface area contributed by atoms with E-state index < -0.39 is 0 Å². The van der Waals surface area contributed by atoms with Gasteiger partial charge in [0.25, 0.3) is 5.91 Å². The molecule has 6 nitrogen and oxygen atoms in total. The number of para-hydroxylation sites is 2. The van der Waals surface area contributed by atoms with Crippen molar-refractivity contribution >= 4 is 23.3 Å². The zero-order valence-electron chi connectivity index (χ0n) is 11.9. The van der Waals surface area contributed by atoms with Gasteiger partial charge in [-0.15, -0.1) is 0 Å². The monoisotopic (exact) mass is 290 g/mol. The van der Waals surface area contributed by atoms with E-state index in [1.807, 2.05) is 0 Å². The maximum Gasteiger partial charge on any atom is 0.260 e. The maximum atomic E-state index is 12.0. The Kier molecular flexibility index (Phi) is 4.92. The van der Waals surface area contributed by atoms with Crippen LogP contribution in [-0.4, -0.2) is 42.2 Å². The van der Waals surface area contributed by atoms with Gasteiger partial charge >= 0.3 is 0 Å². The van der Waals surface area contributed by atoms with Crippen LogP contribution in [0.3, 0.4) is 0 Å². The summed E-state index contributed by atoms with van der Waals surface area (Å²) < 4.78 is 5.49. The highest BCUT2D eigenvalue weighted by molar-refractivity contribution is 5.90. The van der Waals surface area contributed by atoms with Gasteiger partial charge in [0, 0.05) is 32.9 Å². The predicted molar refractivity (Wildman–Crippen MR) is 77.1 cm³/mol. The minimum absolute atomic E-state index is 0.106. The van der Waals surface area contributed by atoms with E-state index in [9.17, 15) is 14.4 Å². The van der Waals surface area contributed by atoms with Crippen LogP contribution in [0.15, 0.2) is 24.3 Å². The number of hydrogen-bond acceptors (Lipinski definition) is 4. The Bertz CT molecular complexity index is 546. The molecular weight excluding hydrogens is 272 g/mol. The van der Waals surface area contributed by atoms with Crippen molar-refractivity contribution in [3.05, 3.63) is 24.3 Å². The molecule has 0 saturated carbocycles. The SMILES string of the molecule is CC(=O)Nc1ccccc1OCC(=O)N1CCC(=O)CC1. The van der Waals surface area contributed by atoms with E-state index in [1.54, 1.807) is 29.2 Å². The lowest BCUT2D eigenvalue weighted by atomic mass is 10.1. The number of piperidine rings is 1. The van der Waals surface area contributed by atoms with Crippen LogP contribution in [0.4, 0.5) is 5.69 Å². The van der Waals surface area contributed by atoms with Gasteiger partial charge in [0.2, 0.25) is 5.91 Å². The number of hydrogen-bond donors (Lipinski definition) is 1. The molecule has 21 heavy (non-hydrogen) atoms. The normalized spacial score (nSPS) is 14.7. The summed E-state index contributed by atoms with van der Waals surface area (Å²) in [6.07, 6.45) is 0.822. The number of anilines is 1. The molecule has 1 aliphatic heterocycles. The zero-order chi connectivity index (χ0) is 15.2. The third-order valence-corrected chi connectivity index (χ3v) is 3.22. The van der Waals surface area contributed by atoms with Crippen molar-refractivity contribution in [2.45, 2.75) is 19.8 Å². The average Bonchev–Trinajstić information content (AvgIpc) is 2.46. The fourth-order valence-corrected chi connectivity index (χ4v) is 2.12. The molecule has 0 spiro atoms. The van der Waals surface area contributed by atoms with Crippen LogP contribution in [0.25, 0.3) is 0 Å². The Balaban J connectivity index is 1.92. The highest BCUT2D eigenvalue weighted by Crippen LogP contribution is 2.23. The lowest BCUT2D eigenvalue weighted by Crippen LogP contribution is -2.41. The predicted octanol–water partition coefficient (Wildman–Crippen LogP) is 1.22. The number of benzene rings is 1. The van der Waals surface area contributed by atoms with Gasteiger partial charge in [-0.1, -0.05) is 12.1 Å². The summed E-state index contributed by atoms with van der Waals surface area (Å²) in [6, 6.07) is 6.94. The molecule has 112 valence electrons. The van der Waals surface area contributed by atoms with Crippen LogP contribution in [0.5, 0.6) is 5.75 Å². The molecule has 1 saturated heterocycles. The lowest BCUT2D eigenvalue weighted by molar-refractivity contribution is -0.136. The number of amides is 2. The summed E-state index contributed by atoms with van der Waals surface area (Å²) in [5, 5.41) is 2.65.